The van der Waals surface area contributed by atoms with Crippen LogP contribution in [0.25, 0.3) is 6.08 Å². The number of carbonyl (C=O) groups excluding carboxylic acids is 2. The van der Waals surface area contributed by atoms with Crippen LogP contribution in [0.15, 0.2) is 60.7 Å². The lowest BCUT2D eigenvalue weighted by Crippen LogP contribution is -2.40. The number of amides is 2. The summed E-state index contributed by atoms with van der Waals surface area (Å²) in [6, 6.07) is 16.3. The molecule has 0 heterocycles. The Balaban J connectivity index is 1.73. The van der Waals surface area contributed by atoms with E-state index in [2.05, 4.69) is 17.8 Å². The lowest BCUT2D eigenvalue weighted by atomic mass is 10.2. The fourth-order valence-electron chi connectivity index (χ4n) is 2.39. The smallest absolute Gasteiger partial charge is 0.269 e. The molecule has 0 saturated carbocycles. The van der Waals surface area contributed by atoms with E-state index < -0.39 is 5.91 Å². The molecule has 0 saturated heterocycles. The summed E-state index contributed by atoms with van der Waals surface area (Å²) in [6.45, 7) is 2.85. The summed E-state index contributed by atoms with van der Waals surface area (Å²) in [5.41, 5.74) is 6.11. The van der Waals surface area contributed by atoms with E-state index in [0.717, 1.165) is 24.2 Å². The fourth-order valence-corrected chi connectivity index (χ4v) is 2.39. The van der Waals surface area contributed by atoms with Gasteiger partial charge in [-0.3, -0.25) is 20.4 Å². The van der Waals surface area contributed by atoms with Gasteiger partial charge in [-0.15, -0.1) is 0 Å². The molecule has 0 aliphatic carbocycles. The molecule has 2 aromatic carbocycles. The van der Waals surface area contributed by atoms with E-state index in [9.17, 15) is 9.59 Å². The van der Waals surface area contributed by atoms with Gasteiger partial charge in [0.05, 0.1) is 6.61 Å². The number of rotatable bonds is 9. The van der Waals surface area contributed by atoms with Crippen LogP contribution in [0.3, 0.4) is 0 Å². The molecule has 0 aliphatic rings. The van der Waals surface area contributed by atoms with Crippen molar-refractivity contribution in [1.29, 1.82) is 0 Å². The normalized spacial score (nSPS) is 10.6. The molecule has 5 heteroatoms. The van der Waals surface area contributed by atoms with Gasteiger partial charge in [0.1, 0.15) is 5.75 Å². The Morgan fingerprint density at radius 2 is 1.67 bits per heavy atom. The van der Waals surface area contributed by atoms with Gasteiger partial charge in [-0.1, -0.05) is 56.5 Å². The summed E-state index contributed by atoms with van der Waals surface area (Å²) in [5, 5.41) is 0. The van der Waals surface area contributed by atoms with Gasteiger partial charge in [0, 0.05) is 11.6 Å². The Labute approximate surface area is 160 Å². The SMILES string of the molecule is CCCCCCOc1ccc(C(=O)NNC(=O)/C=C/c2ccccc2)cc1. The number of carbonyl (C=O) groups is 2. The van der Waals surface area contributed by atoms with Crippen LogP contribution in [0.1, 0.15) is 48.5 Å². The highest BCUT2D eigenvalue weighted by molar-refractivity contribution is 5.97. The molecule has 5 nitrogen and oxygen atoms in total. The van der Waals surface area contributed by atoms with Crippen molar-refractivity contribution in [3.05, 3.63) is 71.8 Å². The monoisotopic (exact) mass is 366 g/mol. The van der Waals surface area contributed by atoms with Crippen LogP contribution in [-0.4, -0.2) is 18.4 Å². The lowest BCUT2D eigenvalue weighted by Gasteiger charge is -2.08. The number of ether oxygens (including phenoxy) is 1. The maximum absolute atomic E-state index is 12.1. The minimum Gasteiger partial charge on any atom is -0.494 e. The lowest BCUT2D eigenvalue weighted by molar-refractivity contribution is -0.117. The minimum atomic E-state index is -0.403. The predicted molar refractivity (Wildman–Crippen MR) is 107 cm³/mol. The largest absolute Gasteiger partial charge is 0.494 e. The van der Waals surface area contributed by atoms with E-state index in [0.29, 0.717) is 12.2 Å². The summed E-state index contributed by atoms with van der Waals surface area (Å²) in [4.78, 5) is 23.8. The van der Waals surface area contributed by atoms with Gasteiger partial charge in [0.2, 0.25) is 0 Å². The molecule has 0 fully saturated rings. The van der Waals surface area contributed by atoms with Crippen LogP contribution in [0.5, 0.6) is 5.75 Å². The maximum atomic E-state index is 12.1. The fraction of sp³-hybridized carbons (Fsp3) is 0.273. The van der Waals surface area contributed by atoms with Gasteiger partial charge in [-0.2, -0.15) is 0 Å². The Hall–Kier alpha value is -3.08. The first-order valence-electron chi connectivity index (χ1n) is 9.25. The second kappa shape index (κ2) is 11.5. The Bertz CT molecular complexity index is 740. The van der Waals surface area contributed by atoms with Crippen LogP contribution < -0.4 is 15.6 Å². The third-order valence-electron chi connectivity index (χ3n) is 3.91. The summed E-state index contributed by atoms with van der Waals surface area (Å²) in [7, 11) is 0. The van der Waals surface area contributed by atoms with E-state index in [1.54, 1.807) is 30.3 Å². The van der Waals surface area contributed by atoms with Crippen molar-refractivity contribution in [2.45, 2.75) is 32.6 Å². The molecule has 2 N–H and O–H groups in total. The molecule has 2 rings (SSSR count). The van der Waals surface area contributed by atoms with Gasteiger partial charge in [-0.05, 0) is 42.3 Å². The number of nitrogens with one attached hydrogen (secondary N) is 2. The molecular formula is C22H26N2O3. The Morgan fingerprint density at radius 3 is 2.37 bits per heavy atom. The second-order valence-electron chi connectivity index (χ2n) is 6.12. The molecule has 0 bridgehead atoms. The first kappa shape index (κ1) is 20.2. The zero-order valence-corrected chi connectivity index (χ0v) is 15.6. The molecule has 0 radical (unpaired) electrons. The molecule has 2 amide bonds. The van der Waals surface area contributed by atoms with E-state index in [1.807, 2.05) is 30.3 Å². The maximum Gasteiger partial charge on any atom is 0.269 e. The van der Waals surface area contributed by atoms with Crippen LogP contribution in [0.4, 0.5) is 0 Å². The van der Waals surface area contributed by atoms with Crippen molar-refractivity contribution >= 4 is 17.9 Å². The summed E-state index contributed by atoms with van der Waals surface area (Å²) < 4.78 is 5.65. The number of hydrogen-bond acceptors (Lipinski definition) is 3. The number of hydrogen-bond donors (Lipinski definition) is 2. The van der Waals surface area contributed by atoms with Gasteiger partial charge in [0.25, 0.3) is 11.8 Å². The highest BCUT2D eigenvalue weighted by atomic mass is 16.5. The van der Waals surface area contributed by atoms with Crippen molar-refractivity contribution in [3.63, 3.8) is 0 Å². The van der Waals surface area contributed by atoms with Crippen LogP contribution in [-0.2, 0) is 4.79 Å². The number of hydrazine groups is 1. The standard InChI is InChI=1S/C22H26N2O3/c1-2-3-4-8-17-27-20-14-12-19(13-15-20)22(26)24-23-21(25)16-11-18-9-6-5-7-10-18/h5-7,9-16H,2-4,8,17H2,1H3,(H,23,25)(H,24,26)/b16-11+. The van der Waals surface area contributed by atoms with Crippen molar-refractivity contribution in [1.82, 2.24) is 10.9 Å². The minimum absolute atomic E-state index is 0.383. The quantitative estimate of drug-likeness (QED) is 0.398. The molecular weight excluding hydrogens is 340 g/mol. The third kappa shape index (κ3) is 7.77. The van der Waals surface area contributed by atoms with Crippen molar-refractivity contribution in [2.24, 2.45) is 0 Å². The first-order chi connectivity index (χ1) is 13.2. The Kier molecular flexibility index (Phi) is 8.63. The molecule has 0 unspecified atom stereocenters. The topological polar surface area (TPSA) is 67.4 Å². The second-order valence-corrected chi connectivity index (χ2v) is 6.12. The third-order valence-corrected chi connectivity index (χ3v) is 3.91. The van der Waals surface area contributed by atoms with Crippen LogP contribution in [0.2, 0.25) is 0 Å². The van der Waals surface area contributed by atoms with Crippen molar-refractivity contribution in [2.75, 3.05) is 6.61 Å². The first-order valence-corrected chi connectivity index (χ1v) is 9.25. The zero-order valence-electron chi connectivity index (χ0n) is 15.6. The summed E-state index contributed by atoms with van der Waals surface area (Å²) in [6.07, 6.45) is 7.64. The summed E-state index contributed by atoms with van der Waals surface area (Å²) >= 11 is 0. The molecule has 27 heavy (non-hydrogen) atoms. The van der Waals surface area contributed by atoms with Gasteiger partial charge < -0.3 is 4.74 Å². The van der Waals surface area contributed by atoms with E-state index in [-0.39, 0.29) is 5.91 Å². The van der Waals surface area contributed by atoms with Gasteiger partial charge in [-0.25, -0.2) is 0 Å². The molecule has 0 aromatic heterocycles. The van der Waals surface area contributed by atoms with Crippen molar-refractivity contribution in [3.8, 4) is 5.75 Å². The van der Waals surface area contributed by atoms with Gasteiger partial charge in [0.15, 0.2) is 0 Å². The van der Waals surface area contributed by atoms with E-state index in [4.69, 9.17) is 4.74 Å². The van der Waals surface area contributed by atoms with E-state index in [1.165, 1.54) is 18.9 Å². The van der Waals surface area contributed by atoms with E-state index >= 15 is 0 Å². The molecule has 2 aromatic rings. The van der Waals surface area contributed by atoms with Gasteiger partial charge >= 0.3 is 0 Å². The number of unbranched alkanes of at least 4 members (excludes halogenated alkanes) is 3. The highest BCUT2D eigenvalue weighted by Crippen LogP contribution is 2.13. The molecule has 0 atom stereocenters. The highest BCUT2D eigenvalue weighted by Gasteiger charge is 2.06. The average molecular weight is 366 g/mol. The predicted octanol–water partition coefficient (Wildman–Crippen LogP) is 4.12. The van der Waals surface area contributed by atoms with Crippen molar-refractivity contribution < 1.29 is 14.3 Å². The van der Waals surface area contributed by atoms with Crippen LogP contribution >= 0.6 is 0 Å². The summed E-state index contributed by atoms with van der Waals surface area (Å²) in [5.74, 6) is -0.0527. The molecule has 0 aliphatic heterocycles. The Morgan fingerprint density at radius 1 is 0.926 bits per heavy atom. The molecule has 0 spiro atoms. The average Bonchev–Trinajstić information content (AvgIpc) is 2.71. The number of benzene rings is 2. The zero-order chi connectivity index (χ0) is 19.3. The van der Waals surface area contributed by atoms with Crippen LogP contribution in [0, 0.1) is 0 Å². The molecule has 142 valence electrons.